The van der Waals surface area contributed by atoms with E-state index >= 15 is 0 Å². The Hall–Kier alpha value is -1.76. The first-order valence-electron chi connectivity index (χ1n) is 12.4. The summed E-state index contributed by atoms with van der Waals surface area (Å²) in [5.41, 5.74) is -2.55. The lowest BCUT2D eigenvalue weighted by molar-refractivity contribution is -0.343. The maximum atomic E-state index is 13.0. The van der Waals surface area contributed by atoms with Gasteiger partial charge in [0.25, 0.3) is 0 Å². The Morgan fingerprint density at radius 3 is 2.17 bits per heavy atom. The molecule has 4 rings (SSSR count). The van der Waals surface area contributed by atoms with Crippen LogP contribution < -0.4 is 0 Å². The van der Waals surface area contributed by atoms with Gasteiger partial charge in [-0.2, -0.15) is 26.3 Å². The highest BCUT2D eigenvalue weighted by Gasteiger charge is 2.70. The number of alkyl halides is 6. The van der Waals surface area contributed by atoms with Gasteiger partial charge in [-0.05, 0) is 75.0 Å². The van der Waals surface area contributed by atoms with Crippen molar-refractivity contribution in [2.24, 2.45) is 16.7 Å². The molecule has 0 aromatic rings. The number of aliphatic hydroxyl groups is 3. The fraction of sp³-hybridized carbons (Fsp3) is 0.704. The number of rotatable bonds is 3. The SMILES string of the molecule is C[C@]12CCC/C(=C\C=C3\CC(O)C[C@H](O)C3)C1CC=C2C1(CC#CC(O)(C(F)(F)F)C(F)(F)F)CC1. The number of hydrogen-bond acceptors (Lipinski definition) is 3. The lowest BCUT2D eigenvalue weighted by atomic mass is 9.61. The fourth-order valence-corrected chi connectivity index (χ4v) is 6.51. The number of aliphatic hydroxyl groups excluding tert-OH is 2. The summed E-state index contributed by atoms with van der Waals surface area (Å²) in [6.45, 7) is 2.13. The number of fused-ring (bicyclic) bond motifs is 1. The average Bonchev–Trinajstić information content (AvgIpc) is 3.42. The van der Waals surface area contributed by atoms with Gasteiger partial charge in [0.2, 0.25) is 0 Å². The molecular weight excluding hydrogens is 486 g/mol. The quantitative estimate of drug-likeness (QED) is 0.247. The van der Waals surface area contributed by atoms with Crippen molar-refractivity contribution in [3.63, 3.8) is 0 Å². The molecule has 0 bridgehead atoms. The van der Waals surface area contributed by atoms with Gasteiger partial charge in [0, 0.05) is 11.8 Å². The molecule has 0 aromatic carbocycles. The topological polar surface area (TPSA) is 60.7 Å². The Labute approximate surface area is 207 Å². The molecule has 3 N–H and O–H groups in total. The molecule has 3 fully saturated rings. The fourth-order valence-electron chi connectivity index (χ4n) is 6.51. The molecule has 4 aliphatic rings. The summed E-state index contributed by atoms with van der Waals surface area (Å²) in [7, 11) is 0. The molecule has 3 saturated carbocycles. The molecule has 0 aromatic heterocycles. The summed E-state index contributed by atoms with van der Waals surface area (Å²) < 4.78 is 77.9. The van der Waals surface area contributed by atoms with E-state index in [0.29, 0.717) is 32.1 Å². The van der Waals surface area contributed by atoms with Gasteiger partial charge in [0.05, 0.1) is 12.2 Å². The van der Waals surface area contributed by atoms with Crippen LogP contribution in [0, 0.1) is 28.6 Å². The van der Waals surface area contributed by atoms with Gasteiger partial charge in [-0.15, -0.1) is 0 Å². The van der Waals surface area contributed by atoms with Crippen molar-refractivity contribution < 1.29 is 41.7 Å². The van der Waals surface area contributed by atoms with E-state index in [0.717, 1.165) is 42.7 Å². The van der Waals surface area contributed by atoms with Crippen LogP contribution in [-0.4, -0.2) is 45.5 Å². The van der Waals surface area contributed by atoms with E-state index in [4.69, 9.17) is 0 Å². The Morgan fingerprint density at radius 2 is 1.61 bits per heavy atom. The molecule has 2 unspecified atom stereocenters. The van der Waals surface area contributed by atoms with Gasteiger partial charge in [-0.3, -0.25) is 0 Å². The van der Waals surface area contributed by atoms with E-state index in [-0.39, 0.29) is 17.8 Å². The van der Waals surface area contributed by atoms with Gasteiger partial charge in [0.1, 0.15) is 0 Å². The molecule has 36 heavy (non-hydrogen) atoms. The Balaban J connectivity index is 1.53. The lowest BCUT2D eigenvalue weighted by Gasteiger charge is -2.43. The van der Waals surface area contributed by atoms with Crippen LogP contribution in [0.25, 0.3) is 0 Å². The number of halogens is 6. The maximum absolute atomic E-state index is 13.0. The third kappa shape index (κ3) is 4.89. The van der Waals surface area contributed by atoms with Crippen LogP contribution in [0.3, 0.4) is 0 Å². The van der Waals surface area contributed by atoms with Crippen LogP contribution in [-0.2, 0) is 0 Å². The molecule has 4 aliphatic carbocycles. The van der Waals surface area contributed by atoms with E-state index in [9.17, 15) is 41.7 Å². The van der Waals surface area contributed by atoms with Crippen LogP contribution in [0.2, 0.25) is 0 Å². The van der Waals surface area contributed by atoms with Crippen molar-refractivity contribution in [3.8, 4) is 11.8 Å². The van der Waals surface area contributed by atoms with Crippen molar-refractivity contribution in [3.05, 3.63) is 34.9 Å². The van der Waals surface area contributed by atoms with Gasteiger partial charge >= 0.3 is 18.0 Å². The summed E-state index contributed by atoms with van der Waals surface area (Å²) in [6.07, 6.45) is -0.870. The largest absolute Gasteiger partial charge is 0.438 e. The number of hydrogen-bond donors (Lipinski definition) is 3. The van der Waals surface area contributed by atoms with Crippen LogP contribution in [0.4, 0.5) is 26.3 Å². The van der Waals surface area contributed by atoms with Crippen LogP contribution in [0.15, 0.2) is 34.9 Å². The van der Waals surface area contributed by atoms with E-state index in [1.165, 1.54) is 5.57 Å². The molecule has 0 radical (unpaired) electrons. The molecule has 0 heterocycles. The maximum Gasteiger partial charge on any atom is 0.438 e. The van der Waals surface area contributed by atoms with Crippen LogP contribution in [0.5, 0.6) is 0 Å². The van der Waals surface area contributed by atoms with E-state index in [1.54, 1.807) is 0 Å². The van der Waals surface area contributed by atoms with Gasteiger partial charge < -0.3 is 15.3 Å². The van der Waals surface area contributed by atoms with Crippen molar-refractivity contribution >= 4 is 0 Å². The highest BCUT2D eigenvalue weighted by atomic mass is 19.4. The molecule has 3 nitrogen and oxygen atoms in total. The first-order chi connectivity index (χ1) is 16.6. The highest BCUT2D eigenvalue weighted by Crippen LogP contribution is 2.67. The van der Waals surface area contributed by atoms with E-state index < -0.39 is 35.6 Å². The van der Waals surface area contributed by atoms with Gasteiger partial charge in [-0.25, -0.2) is 0 Å². The summed E-state index contributed by atoms with van der Waals surface area (Å²) in [5.74, 6) is 3.37. The van der Waals surface area contributed by atoms with E-state index in [1.807, 2.05) is 6.08 Å². The third-order valence-electron chi connectivity index (χ3n) is 8.57. The predicted molar refractivity (Wildman–Crippen MR) is 121 cm³/mol. The first-order valence-corrected chi connectivity index (χ1v) is 12.4. The van der Waals surface area contributed by atoms with Crippen molar-refractivity contribution in [1.82, 2.24) is 0 Å². The molecule has 200 valence electrons. The zero-order chi connectivity index (χ0) is 26.6. The second-order valence-electron chi connectivity index (χ2n) is 11.2. The normalized spacial score (nSPS) is 34.7. The minimum absolute atomic E-state index is 0.158. The summed E-state index contributed by atoms with van der Waals surface area (Å²) in [6, 6.07) is 0. The van der Waals surface area contributed by atoms with Crippen LogP contribution in [0.1, 0.15) is 71.1 Å². The zero-order valence-corrected chi connectivity index (χ0v) is 20.1. The second kappa shape index (κ2) is 9.21. The predicted octanol–water partition coefficient (Wildman–Crippen LogP) is 5.91. The summed E-state index contributed by atoms with van der Waals surface area (Å²) in [4.78, 5) is 0. The second-order valence-corrected chi connectivity index (χ2v) is 11.2. The van der Waals surface area contributed by atoms with Crippen LogP contribution >= 0.6 is 0 Å². The monoisotopic (exact) mass is 518 g/mol. The number of allylic oxidation sites excluding steroid dienone is 5. The highest BCUT2D eigenvalue weighted by molar-refractivity contribution is 5.41. The van der Waals surface area contributed by atoms with Gasteiger partial charge in [-0.1, -0.05) is 47.8 Å². The Morgan fingerprint density at radius 1 is 1.00 bits per heavy atom. The third-order valence-corrected chi connectivity index (χ3v) is 8.57. The molecule has 0 aliphatic heterocycles. The summed E-state index contributed by atoms with van der Waals surface area (Å²) >= 11 is 0. The molecular formula is C27H32F6O3. The Bertz CT molecular complexity index is 995. The standard InChI is InChI=1S/C27H32F6O3/c1-23-9-2-4-18(6-5-17-14-19(34)16-20(35)15-17)21(23)7-8-22(23)24(12-13-24)10-3-11-25(36,26(28,29)30)27(31,32)33/h5-6,8,19-21,34-36H,2,4,7,9-10,12-16H2,1H3/b17-5-,18-6+/t19?,20-,21?,23+/m1/s1. The lowest BCUT2D eigenvalue weighted by Crippen LogP contribution is -2.55. The van der Waals surface area contributed by atoms with Crippen molar-refractivity contribution in [2.75, 3.05) is 0 Å². The molecule has 4 atom stereocenters. The minimum Gasteiger partial charge on any atom is -0.393 e. The Kier molecular flexibility index (Phi) is 6.98. The summed E-state index contributed by atoms with van der Waals surface area (Å²) in [5, 5.41) is 29.2. The van der Waals surface area contributed by atoms with E-state index in [2.05, 4.69) is 25.0 Å². The van der Waals surface area contributed by atoms with Crippen molar-refractivity contribution in [2.45, 2.75) is 101 Å². The average molecular weight is 519 g/mol. The molecule has 0 saturated heterocycles. The minimum atomic E-state index is -5.94. The van der Waals surface area contributed by atoms with Crippen molar-refractivity contribution in [1.29, 1.82) is 0 Å². The first kappa shape index (κ1) is 27.3. The van der Waals surface area contributed by atoms with Gasteiger partial charge in [0.15, 0.2) is 0 Å². The zero-order valence-electron chi connectivity index (χ0n) is 20.1. The molecule has 0 amide bonds. The molecule has 9 heteroatoms. The molecule has 0 spiro atoms. The smallest absolute Gasteiger partial charge is 0.393 e.